The number of nitrogens with zero attached hydrogens (tertiary/aromatic N) is 3. The Morgan fingerprint density at radius 3 is 2.30 bits per heavy atom. The molecule has 0 radical (unpaired) electrons. The van der Waals surface area contributed by atoms with Crippen LogP contribution in [0.15, 0.2) is 102 Å². The van der Waals surface area contributed by atoms with Crippen LogP contribution in [0.5, 0.6) is 0 Å². The molecule has 3 aromatic carbocycles. The number of carbonyl (C=O) groups excluding carboxylic acids is 1. The fraction of sp³-hybridized carbons (Fsp3) is 0. The molecule has 5 rings (SSSR count). The summed E-state index contributed by atoms with van der Waals surface area (Å²) in [7, 11) is 0. The molecule has 2 heterocycles. The Morgan fingerprint density at radius 1 is 0.788 bits per heavy atom. The normalized spacial score (nSPS) is 10.7. The highest BCUT2D eigenvalue weighted by Gasteiger charge is 2.14. The number of rotatable bonds is 5. The number of benzene rings is 3. The summed E-state index contributed by atoms with van der Waals surface area (Å²) in [6.07, 6.45) is 1.54. The summed E-state index contributed by atoms with van der Waals surface area (Å²) >= 11 is 6.07. The molecule has 6 nitrogen and oxygen atoms in total. The molecule has 33 heavy (non-hydrogen) atoms. The summed E-state index contributed by atoms with van der Waals surface area (Å²) in [5, 5.41) is 7.16. The molecule has 1 N–H and O–H groups in total. The molecular weight excluding hydrogens is 436 g/mol. The van der Waals surface area contributed by atoms with Gasteiger partial charge in [0.05, 0.1) is 5.56 Å². The van der Waals surface area contributed by atoms with Crippen molar-refractivity contribution in [1.29, 1.82) is 0 Å². The van der Waals surface area contributed by atoms with Gasteiger partial charge in [-0.2, -0.15) is 4.98 Å². The first-order valence-electron chi connectivity index (χ1n) is 10.2. The fourth-order valence-corrected chi connectivity index (χ4v) is 3.63. The number of aromatic nitrogens is 3. The second kappa shape index (κ2) is 9.06. The number of hydrogen-bond donors (Lipinski definition) is 1. The first-order valence-corrected chi connectivity index (χ1v) is 10.6. The molecule has 1 amide bonds. The van der Waals surface area contributed by atoms with Gasteiger partial charge in [0, 0.05) is 28.6 Å². The van der Waals surface area contributed by atoms with Gasteiger partial charge >= 0.3 is 0 Å². The maximum atomic E-state index is 12.7. The summed E-state index contributed by atoms with van der Waals surface area (Å²) in [6, 6.07) is 28.3. The van der Waals surface area contributed by atoms with Crippen molar-refractivity contribution in [3.8, 4) is 34.0 Å². The Hall–Kier alpha value is -4.29. The van der Waals surface area contributed by atoms with Crippen molar-refractivity contribution in [2.75, 3.05) is 5.32 Å². The van der Waals surface area contributed by atoms with E-state index in [9.17, 15) is 4.79 Å². The summed E-state index contributed by atoms with van der Waals surface area (Å²) in [6.45, 7) is 0. The molecule has 0 fully saturated rings. The van der Waals surface area contributed by atoms with Crippen LogP contribution in [-0.2, 0) is 0 Å². The lowest BCUT2D eigenvalue weighted by Crippen LogP contribution is -2.13. The van der Waals surface area contributed by atoms with E-state index in [0.717, 1.165) is 22.3 Å². The molecule has 2 aromatic heterocycles. The van der Waals surface area contributed by atoms with E-state index in [1.807, 2.05) is 78.9 Å². The number of amides is 1. The standard InChI is InChI=1S/C26H17ClN4O2/c27-23-21(10-6-16-28-23)25(32)29-22-11-5-4-9-20(22)17-12-14-19(15-13-17)26-30-24(31-33-26)18-7-2-1-3-8-18/h1-16H,(H,29,32). The molecule has 160 valence electrons. The average molecular weight is 453 g/mol. The lowest BCUT2D eigenvalue weighted by atomic mass is 10.0. The zero-order chi connectivity index (χ0) is 22.6. The lowest BCUT2D eigenvalue weighted by Gasteiger charge is -2.12. The van der Waals surface area contributed by atoms with Gasteiger partial charge in [0.2, 0.25) is 5.82 Å². The Kier molecular flexibility index (Phi) is 5.66. The van der Waals surface area contributed by atoms with Gasteiger partial charge in [0.25, 0.3) is 11.8 Å². The van der Waals surface area contributed by atoms with Crippen LogP contribution in [0.2, 0.25) is 5.15 Å². The van der Waals surface area contributed by atoms with Crippen LogP contribution >= 0.6 is 11.6 Å². The van der Waals surface area contributed by atoms with Gasteiger partial charge in [0.1, 0.15) is 5.15 Å². The smallest absolute Gasteiger partial charge is 0.258 e. The van der Waals surface area contributed by atoms with E-state index in [2.05, 4.69) is 20.4 Å². The maximum Gasteiger partial charge on any atom is 0.258 e. The number of nitrogens with one attached hydrogen (secondary N) is 1. The van der Waals surface area contributed by atoms with E-state index in [4.69, 9.17) is 16.1 Å². The third-order valence-electron chi connectivity index (χ3n) is 5.08. The molecule has 0 saturated carbocycles. The summed E-state index contributed by atoms with van der Waals surface area (Å²) < 4.78 is 5.45. The molecular formula is C26H17ClN4O2. The molecule has 0 aliphatic rings. The molecule has 0 aliphatic carbocycles. The Bertz CT molecular complexity index is 1420. The van der Waals surface area contributed by atoms with E-state index >= 15 is 0 Å². The molecule has 0 spiro atoms. The highest BCUT2D eigenvalue weighted by atomic mass is 35.5. The molecule has 5 aromatic rings. The van der Waals surface area contributed by atoms with Crippen molar-refractivity contribution < 1.29 is 9.32 Å². The van der Waals surface area contributed by atoms with Crippen molar-refractivity contribution in [3.05, 3.63) is 108 Å². The van der Waals surface area contributed by atoms with E-state index in [-0.39, 0.29) is 11.1 Å². The molecule has 0 atom stereocenters. The summed E-state index contributed by atoms with van der Waals surface area (Å²) in [5.41, 5.74) is 4.47. The number of hydrogen-bond acceptors (Lipinski definition) is 5. The predicted molar refractivity (Wildman–Crippen MR) is 128 cm³/mol. The first-order chi connectivity index (χ1) is 16.2. The average Bonchev–Trinajstić information content (AvgIpc) is 3.36. The van der Waals surface area contributed by atoms with Crippen LogP contribution in [-0.4, -0.2) is 21.0 Å². The highest BCUT2D eigenvalue weighted by Crippen LogP contribution is 2.31. The van der Waals surface area contributed by atoms with E-state index < -0.39 is 0 Å². The largest absolute Gasteiger partial charge is 0.334 e. The van der Waals surface area contributed by atoms with Crippen molar-refractivity contribution in [1.82, 2.24) is 15.1 Å². The fourth-order valence-electron chi connectivity index (χ4n) is 3.43. The van der Waals surface area contributed by atoms with Crippen molar-refractivity contribution >= 4 is 23.2 Å². The number of pyridine rings is 1. The zero-order valence-corrected chi connectivity index (χ0v) is 18.0. The number of anilines is 1. The second-order valence-corrected chi connectivity index (χ2v) is 7.57. The van der Waals surface area contributed by atoms with Crippen LogP contribution in [0.3, 0.4) is 0 Å². The maximum absolute atomic E-state index is 12.7. The molecule has 0 aliphatic heterocycles. The van der Waals surface area contributed by atoms with Crippen LogP contribution in [0.4, 0.5) is 5.69 Å². The monoisotopic (exact) mass is 452 g/mol. The topological polar surface area (TPSA) is 80.9 Å². The molecule has 0 bridgehead atoms. The lowest BCUT2D eigenvalue weighted by molar-refractivity contribution is 0.102. The second-order valence-electron chi connectivity index (χ2n) is 7.21. The van der Waals surface area contributed by atoms with Crippen LogP contribution < -0.4 is 5.32 Å². The third-order valence-corrected chi connectivity index (χ3v) is 5.38. The summed E-state index contributed by atoms with van der Waals surface area (Å²) in [4.78, 5) is 21.2. The number of carbonyl (C=O) groups is 1. The number of para-hydroxylation sites is 1. The van der Waals surface area contributed by atoms with Gasteiger partial charge in [-0.1, -0.05) is 77.4 Å². The minimum Gasteiger partial charge on any atom is -0.334 e. The van der Waals surface area contributed by atoms with Crippen LogP contribution in [0.25, 0.3) is 34.0 Å². The molecule has 0 saturated heterocycles. The van der Waals surface area contributed by atoms with Gasteiger partial charge < -0.3 is 9.84 Å². The van der Waals surface area contributed by atoms with Gasteiger partial charge in [-0.15, -0.1) is 0 Å². The Morgan fingerprint density at radius 2 is 1.52 bits per heavy atom. The predicted octanol–water partition coefficient (Wildman–Crippen LogP) is 6.37. The number of halogens is 1. The Labute approximate surface area is 194 Å². The van der Waals surface area contributed by atoms with Gasteiger partial charge in [-0.3, -0.25) is 4.79 Å². The van der Waals surface area contributed by atoms with E-state index in [0.29, 0.717) is 23.0 Å². The quantitative estimate of drug-likeness (QED) is 0.313. The molecule has 0 unspecified atom stereocenters. The minimum atomic E-state index is -0.323. The van der Waals surface area contributed by atoms with E-state index in [1.54, 1.807) is 18.3 Å². The Balaban J connectivity index is 1.40. The van der Waals surface area contributed by atoms with Gasteiger partial charge in [-0.05, 0) is 35.9 Å². The molecule has 7 heteroatoms. The van der Waals surface area contributed by atoms with Crippen molar-refractivity contribution in [3.63, 3.8) is 0 Å². The van der Waals surface area contributed by atoms with Crippen molar-refractivity contribution in [2.24, 2.45) is 0 Å². The SMILES string of the molecule is O=C(Nc1ccccc1-c1ccc(-c2nc(-c3ccccc3)no2)cc1)c1cccnc1Cl. The van der Waals surface area contributed by atoms with Crippen LogP contribution in [0.1, 0.15) is 10.4 Å². The van der Waals surface area contributed by atoms with Gasteiger partial charge in [0.15, 0.2) is 0 Å². The third kappa shape index (κ3) is 4.37. The first kappa shape index (κ1) is 20.6. The summed E-state index contributed by atoms with van der Waals surface area (Å²) in [5.74, 6) is 0.654. The van der Waals surface area contributed by atoms with Crippen LogP contribution in [0, 0.1) is 0 Å². The highest BCUT2D eigenvalue weighted by molar-refractivity contribution is 6.33. The minimum absolute atomic E-state index is 0.159. The zero-order valence-electron chi connectivity index (χ0n) is 17.3. The van der Waals surface area contributed by atoms with Crippen molar-refractivity contribution in [2.45, 2.75) is 0 Å². The van der Waals surface area contributed by atoms with E-state index in [1.165, 1.54) is 0 Å². The van der Waals surface area contributed by atoms with Gasteiger partial charge in [-0.25, -0.2) is 4.98 Å².